The van der Waals surface area contributed by atoms with Crippen LogP contribution < -0.4 is 11.5 Å². The summed E-state index contributed by atoms with van der Waals surface area (Å²) in [5.74, 6) is -0.275. The highest BCUT2D eigenvalue weighted by Crippen LogP contribution is 2.35. The SMILES string of the molecule is NC(=O)C1CCN(C(=O)C2(N)CC2)CC1. The first-order valence-electron chi connectivity index (χ1n) is 5.40. The van der Waals surface area contributed by atoms with E-state index in [1.54, 1.807) is 4.90 Å². The summed E-state index contributed by atoms with van der Waals surface area (Å²) in [6.45, 7) is 1.23. The summed E-state index contributed by atoms with van der Waals surface area (Å²) in [5, 5.41) is 0. The zero-order valence-electron chi connectivity index (χ0n) is 8.74. The van der Waals surface area contributed by atoms with Crippen molar-refractivity contribution in [2.45, 2.75) is 31.2 Å². The van der Waals surface area contributed by atoms with Crippen LogP contribution in [0.3, 0.4) is 0 Å². The number of carbonyl (C=O) groups is 2. The first-order chi connectivity index (χ1) is 7.03. The number of hydrogen-bond acceptors (Lipinski definition) is 3. The van der Waals surface area contributed by atoms with Gasteiger partial charge in [0.25, 0.3) is 0 Å². The van der Waals surface area contributed by atoms with Gasteiger partial charge in [0.15, 0.2) is 0 Å². The van der Waals surface area contributed by atoms with E-state index in [4.69, 9.17) is 11.5 Å². The van der Waals surface area contributed by atoms with E-state index in [9.17, 15) is 9.59 Å². The van der Waals surface area contributed by atoms with Gasteiger partial charge < -0.3 is 16.4 Å². The van der Waals surface area contributed by atoms with Gasteiger partial charge >= 0.3 is 0 Å². The fourth-order valence-electron chi connectivity index (χ4n) is 2.03. The Morgan fingerprint density at radius 2 is 1.73 bits per heavy atom. The van der Waals surface area contributed by atoms with Crippen molar-refractivity contribution in [2.24, 2.45) is 17.4 Å². The van der Waals surface area contributed by atoms with Gasteiger partial charge in [-0.15, -0.1) is 0 Å². The number of nitrogens with two attached hydrogens (primary N) is 2. The molecule has 84 valence electrons. The highest BCUT2D eigenvalue weighted by atomic mass is 16.2. The standard InChI is InChI=1S/C10H17N3O2/c11-8(14)7-1-5-13(6-2-7)9(15)10(12)3-4-10/h7H,1-6,12H2,(H2,11,14). The molecule has 2 amide bonds. The van der Waals surface area contributed by atoms with Crippen molar-refractivity contribution in [1.82, 2.24) is 4.90 Å². The van der Waals surface area contributed by atoms with Crippen LogP contribution in [0.2, 0.25) is 0 Å². The molecule has 0 radical (unpaired) electrons. The molecule has 0 bridgehead atoms. The van der Waals surface area contributed by atoms with E-state index < -0.39 is 5.54 Å². The van der Waals surface area contributed by atoms with Crippen LogP contribution in [0.5, 0.6) is 0 Å². The molecule has 1 aliphatic carbocycles. The van der Waals surface area contributed by atoms with Gasteiger partial charge in [0.05, 0.1) is 5.54 Å². The van der Waals surface area contributed by atoms with E-state index >= 15 is 0 Å². The number of primary amides is 1. The Labute approximate surface area is 88.8 Å². The van der Waals surface area contributed by atoms with Crippen LogP contribution >= 0.6 is 0 Å². The quantitative estimate of drug-likeness (QED) is 0.626. The van der Waals surface area contributed by atoms with Crippen LogP contribution in [0.4, 0.5) is 0 Å². The van der Waals surface area contributed by atoms with E-state index in [0.29, 0.717) is 25.9 Å². The number of carbonyl (C=O) groups excluding carboxylic acids is 2. The monoisotopic (exact) mass is 211 g/mol. The lowest BCUT2D eigenvalue weighted by Crippen LogP contribution is -2.49. The maximum absolute atomic E-state index is 11.8. The Balaban J connectivity index is 1.88. The molecule has 2 fully saturated rings. The summed E-state index contributed by atoms with van der Waals surface area (Å²) in [5.41, 5.74) is 10.5. The van der Waals surface area contributed by atoms with Crippen LogP contribution in [0.25, 0.3) is 0 Å². The van der Waals surface area contributed by atoms with E-state index in [2.05, 4.69) is 0 Å². The number of nitrogens with zero attached hydrogens (tertiary/aromatic N) is 1. The second-order valence-corrected chi connectivity index (χ2v) is 4.62. The Morgan fingerprint density at radius 1 is 1.20 bits per heavy atom. The van der Waals surface area contributed by atoms with E-state index in [1.165, 1.54) is 0 Å². The molecule has 1 saturated carbocycles. The van der Waals surface area contributed by atoms with Gasteiger partial charge in [-0.05, 0) is 25.7 Å². The number of hydrogen-bond donors (Lipinski definition) is 2. The predicted molar refractivity (Wildman–Crippen MR) is 54.7 cm³/mol. The Kier molecular flexibility index (Phi) is 2.42. The lowest BCUT2D eigenvalue weighted by Gasteiger charge is -2.32. The molecular formula is C10H17N3O2. The van der Waals surface area contributed by atoms with Crippen LogP contribution in [-0.4, -0.2) is 35.3 Å². The molecule has 0 aromatic carbocycles. The average molecular weight is 211 g/mol. The minimum atomic E-state index is -0.584. The highest BCUT2D eigenvalue weighted by molar-refractivity contribution is 5.89. The van der Waals surface area contributed by atoms with Crippen molar-refractivity contribution in [2.75, 3.05) is 13.1 Å². The van der Waals surface area contributed by atoms with Crippen molar-refractivity contribution >= 4 is 11.8 Å². The van der Waals surface area contributed by atoms with E-state index in [0.717, 1.165) is 12.8 Å². The third-order valence-corrected chi connectivity index (χ3v) is 3.40. The molecule has 0 unspecified atom stereocenters. The van der Waals surface area contributed by atoms with Gasteiger partial charge in [0, 0.05) is 19.0 Å². The molecule has 4 N–H and O–H groups in total. The molecule has 1 aliphatic heterocycles. The largest absolute Gasteiger partial charge is 0.369 e. The number of rotatable bonds is 2. The normalized spacial score (nSPS) is 25.0. The smallest absolute Gasteiger partial charge is 0.242 e. The maximum atomic E-state index is 11.8. The number of amides is 2. The summed E-state index contributed by atoms with van der Waals surface area (Å²) in [6.07, 6.45) is 2.94. The number of likely N-dealkylation sites (tertiary alicyclic amines) is 1. The minimum Gasteiger partial charge on any atom is -0.369 e. The second kappa shape index (κ2) is 3.48. The fourth-order valence-corrected chi connectivity index (χ4v) is 2.03. The highest BCUT2D eigenvalue weighted by Gasteiger charge is 2.48. The molecule has 0 atom stereocenters. The molecule has 2 rings (SSSR count). The van der Waals surface area contributed by atoms with Gasteiger partial charge in [-0.3, -0.25) is 9.59 Å². The lowest BCUT2D eigenvalue weighted by atomic mass is 9.96. The molecule has 1 saturated heterocycles. The van der Waals surface area contributed by atoms with Gasteiger partial charge in [0.2, 0.25) is 11.8 Å². The van der Waals surface area contributed by atoms with E-state index in [-0.39, 0.29) is 17.7 Å². The summed E-state index contributed by atoms with van der Waals surface area (Å²) in [6, 6.07) is 0. The predicted octanol–water partition coefficient (Wildman–Crippen LogP) is -0.798. The molecular weight excluding hydrogens is 194 g/mol. The summed E-state index contributed by atoms with van der Waals surface area (Å²) >= 11 is 0. The third-order valence-electron chi connectivity index (χ3n) is 3.40. The second-order valence-electron chi connectivity index (χ2n) is 4.62. The van der Waals surface area contributed by atoms with Crippen molar-refractivity contribution in [3.63, 3.8) is 0 Å². The molecule has 0 spiro atoms. The van der Waals surface area contributed by atoms with Crippen molar-refractivity contribution < 1.29 is 9.59 Å². The summed E-state index contributed by atoms with van der Waals surface area (Å²) < 4.78 is 0. The maximum Gasteiger partial charge on any atom is 0.242 e. The lowest BCUT2D eigenvalue weighted by molar-refractivity contribution is -0.136. The Hall–Kier alpha value is -1.10. The minimum absolute atomic E-state index is 0.0467. The third kappa shape index (κ3) is 1.97. The van der Waals surface area contributed by atoms with Gasteiger partial charge in [0.1, 0.15) is 0 Å². The zero-order chi connectivity index (χ0) is 11.1. The Bertz CT molecular complexity index is 291. The average Bonchev–Trinajstić information content (AvgIpc) is 2.97. The fraction of sp³-hybridized carbons (Fsp3) is 0.800. The molecule has 5 heteroatoms. The zero-order valence-corrected chi connectivity index (χ0v) is 8.74. The molecule has 5 nitrogen and oxygen atoms in total. The van der Waals surface area contributed by atoms with E-state index in [1.807, 2.05) is 0 Å². The molecule has 0 aromatic heterocycles. The topological polar surface area (TPSA) is 89.4 Å². The number of piperidine rings is 1. The van der Waals surface area contributed by atoms with Crippen LogP contribution in [0, 0.1) is 5.92 Å². The van der Waals surface area contributed by atoms with Gasteiger partial charge in [-0.25, -0.2) is 0 Å². The van der Waals surface area contributed by atoms with Crippen molar-refractivity contribution in [3.8, 4) is 0 Å². The molecule has 1 heterocycles. The first kappa shape index (κ1) is 10.4. The molecule has 0 aromatic rings. The summed E-state index contributed by atoms with van der Waals surface area (Å²) in [7, 11) is 0. The van der Waals surface area contributed by atoms with Crippen molar-refractivity contribution in [1.29, 1.82) is 0 Å². The van der Waals surface area contributed by atoms with Crippen LogP contribution in [0.15, 0.2) is 0 Å². The van der Waals surface area contributed by atoms with Gasteiger partial charge in [-0.2, -0.15) is 0 Å². The van der Waals surface area contributed by atoms with Crippen LogP contribution in [-0.2, 0) is 9.59 Å². The summed E-state index contributed by atoms with van der Waals surface area (Å²) in [4.78, 5) is 24.5. The Morgan fingerprint density at radius 3 is 2.13 bits per heavy atom. The van der Waals surface area contributed by atoms with Crippen LogP contribution in [0.1, 0.15) is 25.7 Å². The molecule has 2 aliphatic rings. The first-order valence-corrected chi connectivity index (χ1v) is 5.40. The van der Waals surface area contributed by atoms with Gasteiger partial charge in [-0.1, -0.05) is 0 Å². The molecule has 15 heavy (non-hydrogen) atoms. The van der Waals surface area contributed by atoms with Crippen molar-refractivity contribution in [3.05, 3.63) is 0 Å².